The van der Waals surface area contributed by atoms with Gasteiger partial charge in [-0.25, -0.2) is 0 Å². The van der Waals surface area contributed by atoms with Crippen molar-refractivity contribution in [2.75, 3.05) is 0 Å². The molecule has 0 aromatic carbocycles. The van der Waals surface area contributed by atoms with Crippen LogP contribution >= 0.6 is 0 Å². The Bertz CT molecular complexity index is 390. The Labute approximate surface area is 117 Å². The Kier molecular flexibility index (Phi) is 4.39. The summed E-state index contributed by atoms with van der Waals surface area (Å²) in [6.07, 6.45) is 6.63. The zero-order chi connectivity index (χ0) is 11.9. The third kappa shape index (κ3) is 2.56. The smallest absolute Gasteiger partial charge is 0.873 e. The summed E-state index contributed by atoms with van der Waals surface area (Å²) in [4.78, 5) is 0. The molecule has 0 aromatic heterocycles. The van der Waals surface area contributed by atoms with Crippen LogP contribution in [0.15, 0.2) is 35.1 Å². The fraction of sp³-hybridized carbons (Fsp3) is 0.600. The molecule has 17 heavy (non-hydrogen) atoms. The Hall–Kier alpha value is -0.383. The zero-order valence-corrected chi connectivity index (χ0v) is 11.6. The molecule has 2 aliphatic rings. The summed E-state index contributed by atoms with van der Waals surface area (Å²) in [5, 5.41) is 11.4. The van der Waals surface area contributed by atoms with Crippen LogP contribution in [0.4, 0.5) is 0 Å². The summed E-state index contributed by atoms with van der Waals surface area (Å²) >= 11 is 0. The van der Waals surface area contributed by atoms with Gasteiger partial charge in [-0.2, -0.15) is 0 Å². The summed E-state index contributed by atoms with van der Waals surface area (Å²) in [6.45, 7) is 10.4. The SMILES string of the molecule is C=C([O-])C1=CC2=C(C(C)C)CCC2(C)CC1.[Li+]. The molecule has 1 unspecified atom stereocenters. The summed E-state index contributed by atoms with van der Waals surface area (Å²) in [7, 11) is 0. The van der Waals surface area contributed by atoms with E-state index in [0.29, 0.717) is 11.3 Å². The van der Waals surface area contributed by atoms with Crippen LogP contribution in [-0.2, 0) is 0 Å². The van der Waals surface area contributed by atoms with E-state index in [0.717, 1.165) is 18.4 Å². The second kappa shape index (κ2) is 5.08. The molecule has 0 fully saturated rings. The van der Waals surface area contributed by atoms with Gasteiger partial charge in [-0.3, -0.25) is 0 Å². The minimum Gasteiger partial charge on any atom is -0.873 e. The van der Waals surface area contributed by atoms with Crippen LogP contribution in [0.3, 0.4) is 0 Å². The fourth-order valence-corrected chi connectivity index (χ4v) is 3.07. The van der Waals surface area contributed by atoms with Crippen molar-refractivity contribution in [3.8, 4) is 0 Å². The molecule has 0 N–H and O–H groups in total. The van der Waals surface area contributed by atoms with Crippen molar-refractivity contribution in [3.63, 3.8) is 0 Å². The normalized spacial score (nSPS) is 27.6. The van der Waals surface area contributed by atoms with Gasteiger partial charge in [-0.1, -0.05) is 38.0 Å². The maximum absolute atomic E-state index is 11.4. The van der Waals surface area contributed by atoms with Crippen molar-refractivity contribution >= 4 is 0 Å². The first kappa shape index (κ1) is 14.7. The van der Waals surface area contributed by atoms with Crippen LogP contribution in [0.2, 0.25) is 0 Å². The first-order valence-corrected chi connectivity index (χ1v) is 6.24. The molecule has 1 nitrogen and oxygen atoms in total. The van der Waals surface area contributed by atoms with Crippen molar-refractivity contribution in [2.24, 2.45) is 11.3 Å². The number of fused-ring (bicyclic) bond motifs is 1. The number of hydrogen-bond acceptors (Lipinski definition) is 1. The van der Waals surface area contributed by atoms with E-state index < -0.39 is 0 Å². The third-order valence-corrected chi connectivity index (χ3v) is 4.26. The maximum atomic E-state index is 11.4. The van der Waals surface area contributed by atoms with E-state index in [1.807, 2.05) is 0 Å². The molecule has 0 saturated heterocycles. The molecular weight excluding hydrogens is 203 g/mol. The molecule has 88 valence electrons. The quantitative estimate of drug-likeness (QED) is 0.490. The largest absolute Gasteiger partial charge is 1.00 e. The molecule has 0 amide bonds. The predicted molar refractivity (Wildman–Crippen MR) is 65.7 cm³/mol. The van der Waals surface area contributed by atoms with Crippen molar-refractivity contribution < 1.29 is 24.0 Å². The van der Waals surface area contributed by atoms with Gasteiger partial charge in [0.2, 0.25) is 0 Å². The maximum Gasteiger partial charge on any atom is 1.00 e. The zero-order valence-electron chi connectivity index (χ0n) is 11.6. The summed E-state index contributed by atoms with van der Waals surface area (Å²) < 4.78 is 0. The Morgan fingerprint density at radius 2 is 1.94 bits per heavy atom. The van der Waals surface area contributed by atoms with E-state index in [4.69, 9.17) is 0 Å². The minimum absolute atomic E-state index is 0. The first-order valence-electron chi connectivity index (χ1n) is 6.24. The predicted octanol–water partition coefficient (Wildman–Crippen LogP) is 0.337. The second-order valence-electron chi connectivity index (χ2n) is 5.75. The van der Waals surface area contributed by atoms with Crippen LogP contribution in [0.1, 0.15) is 46.5 Å². The van der Waals surface area contributed by atoms with E-state index in [1.165, 1.54) is 18.4 Å². The molecule has 0 aromatic rings. The minimum atomic E-state index is 0. The molecule has 0 radical (unpaired) electrons. The molecule has 0 bridgehead atoms. The van der Waals surface area contributed by atoms with Crippen molar-refractivity contribution in [2.45, 2.75) is 46.5 Å². The Morgan fingerprint density at radius 3 is 2.47 bits per heavy atom. The van der Waals surface area contributed by atoms with Gasteiger partial charge in [0, 0.05) is 0 Å². The third-order valence-electron chi connectivity index (χ3n) is 4.26. The number of rotatable bonds is 2. The van der Waals surface area contributed by atoms with Gasteiger partial charge < -0.3 is 5.11 Å². The van der Waals surface area contributed by atoms with Crippen LogP contribution in [-0.4, -0.2) is 0 Å². The van der Waals surface area contributed by atoms with E-state index in [1.54, 1.807) is 5.57 Å². The van der Waals surface area contributed by atoms with Crippen molar-refractivity contribution in [1.29, 1.82) is 0 Å². The van der Waals surface area contributed by atoms with Crippen LogP contribution in [0, 0.1) is 11.3 Å². The van der Waals surface area contributed by atoms with Gasteiger partial charge in [0.25, 0.3) is 0 Å². The van der Waals surface area contributed by atoms with Gasteiger partial charge in [-0.15, -0.1) is 12.3 Å². The summed E-state index contributed by atoms with van der Waals surface area (Å²) in [6, 6.07) is 0. The average Bonchev–Trinajstić information content (AvgIpc) is 2.53. The monoisotopic (exact) mass is 224 g/mol. The molecule has 0 saturated carbocycles. The summed E-state index contributed by atoms with van der Waals surface area (Å²) in [5.74, 6) is 0.608. The Balaban J connectivity index is 0.00000144. The molecule has 0 heterocycles. The molecule has 1 atom stereocenters. The molecule has 0 spiro atoms. The van der Waals surface area contributed by atoms with Crippen molar-refractivity contribution in [1.82, 2.24) is 0 Å². The molecule has 2 heteroatoms. The van der Waals surface area contributed by atoms with Crippen molar-refractivity contribution in [3.05, 3.63) is 35.1 Å². The average molecular weight is 224 g/mol. The van der Waals surface area contributed by atoms with Gasteiger partial charge in [0.15, 0.2) is 0 Å². The summed E-state index contributed by atoms with van der Waals surface area (Å²) in [5.41, 5.74) is 4.26. The first-order chi connectivity index (χ1) is 7.44. The Morgan fingerprint density at radius 1 is 1.35 bits per heavy atom. The standard InChI is InChI=1S/C15H22O.Li/c1-10(2)13-6-8-15(4)7-5-12(11(3)16)9-14(13)15;/h9-10,16H,3,5-8H2,1-2,4H3;/q;+1/p-1. The van der Waals surface area contributed by atoms with Gasteiger partial charge >= 0.3 is 18.9 Å². The second-order valence-corrected chi connectivity index (χ2v) is 5.75. The van der Waals surface area contributed by atoms with Crippen LogP contribution < -0.4 is 24.0 Å². The molecule has 0 aliphatic heterocycles. The van der Waals surface area contributed by atoms with Crippen LogP contribution in [0.5, 0.6) is 0 Å². The fourth-order valence-electron chi connectivity index (χ4n) is 3.07. The topological polar surface area (TPSA) is 23.1 Å². The molecule has 2 rings (SSSR count). The number of hydrogen-bond donors (Lipinski definition) is 0. The van der Waals surface area contributed by atoms with Gasteiger partial charge in [0.05, 0.1) is 0 Å². The van der Waals surface area contributed by atoms with Gasteiger partial charge in [0.1, 0.15) is 0 Å². The van der Waals surface area contributed by atoms with E-state index in [9.17, 15) is 5.11 Å². The van der Waals surface area contributed by atoms with E-state index in [-0.39, 0.29) is 24.6 Å². The number of allylic oxidation sites excluding steroid dienone is 4. The molecule has 2 aliphatic carbocycles. The molecular formula is C15H21LiO. The van der Waals surface area contributed by atoms with Gasteiger partial charge in [-0.05, 0) is 42.6 Å². The van der Waals surface area contributed by atoms with Crippen LogP contribution in [0.25, 0.3) is 0 Å². The van der Waals surface area contributed by atoms with E-state index in [2.05, 4.69) is 33.4 Å². The van der Waals surface area contributed by atoms with E-state index >= 15 is 0 Å².